The van der Waals surface area contributed by atoms with Crippen LogP contribution in [-0.2, 0) is 25.4 Å². The molecule has 34 heavy (non-hydrogen) atoms. The van der Waals surface area contributed by atoms with Crippen molar-refractivity contribution in [3.8, 4) is 34.4 Å². The highest BCUT2D eigenvalue weighted by Gasteiger charge is 2.21. The zero-order valence-corrected chi connectivity index (χ0v) is 19.4. The standard InChI is InChI=1S/C23H24N6O5/c1-23(2,3)34-22(32)24-12-13-7-6-8-14(11-13)15-9-10-16(33-15)18-25-17-19(29(5)27-18)26-21(31)28(4)20(17)30/h6-11H,12H2,1-5H3,(H,24,32). The second-order valence-corrected chi connectivity index (χ2v) is 8.71. The number of rotatable bonds is 4. The van der Waals surface area contributed by atoms with E-state index in [1.165, 1.54) is 11.7 Å². The lowest BCUT2D eigenvalue weighted by atomic mass is 10.1. The topological polar surface area (TPSA) is 134 Å². The molecule has 0 aliphatic carbocycles. The number of furan rings is 1. The molecule has 0 atom stereocenters. The third-order valence-corrected chi connectivity index (χ3v) is 4.85. The summed E-state index contributed by atoms with van der Waals surface area (Å²) in [5.74, 6) is 1.18. The molecule has 0 unspecified atom stereocenters. The van der Waals surface area contributed by atoms with Crippen LogP contribution < -0.4 is 16.6 Å². The van der Waals surface area contributed by atoms with Gasteiger partial charge in [0.25, 0.3) is 5.56 Å². The minimum atomic E-state index is -0.675. The molecule has 2 aromatic rings. The minimum absolute atomic E-state index is 0.0164. The predicted molar refractivity (Wildman–Crippen MR) is 123 cm³/mol. The molecule has 11 nitrogen and oxygen atoms in total. The lowest BCUT2D eigenvalue weighted by Crippen LogP contribution is -2.36. The summed E-state index contributed by atoms with van der Waals surface area (Å²) in [5, 5.41) is 7.01. The first kappa shape index (κ1) is 22.9. The first-order valence-electron chi connectivity index (χ1n) is 10.5. The monoisotopic (exact) mass is 464 g/mol. The van der Waals surface area contributed by atoms with Crippen molar-refractivity contribution in [2.45, 2.75) is 32.9 Å². The number of nitrogens with one attached hydrogen (secondary N) is 1. The first-order chi connectivity index (χ1) is 16.0. The Morgan fingerprint density at radius 1 is 1.09 bits per heavy atom. The van der Waals surface area contributed by atoms with Crippen molar-refractivity contribution in [2.24, 2.45) is 14.1 Å². The summed E-state index contributed by atoms with van der Waals surface area (Å²) in [6.45, 7) is 5.70. The molecule has 2 aliphatic rings. The predicted octanol–water partition coefficient (Wildman–Crippen LogP) is 2.33. The van der Waals surface area contributed by atoms with Crippen LogP contribution in [0.5, 0.6) is 0 Å². The molecule has 1 N–H and O–H groups in total. The Hall–Kier alpha value is -4.28. The Morgan fingerprint density at radius 3 is 2.56 bits per heavy atom. The summed E-state index contributed by atoms with van der Waals surface area (Å²) in [5.41, 5.74) is -0.152. The van der Waals surface area contributed by atoms with Crippen LogP contribution in [0.3, 0.4) is 0 Å². The maximum Gasteiger partial charge on any atom is 0.407 e. The Labute approximate surface area is 194 Å². The van der Waals surface area contributed by atoms with Crippen LogP contribution in [0.25, 0.3) is 34.4 Å². The van der Waals surface area contributed by atoms with Crippen molar-refractivity contribution in [3.05, 3.63) is 62.8 Å². The summed E-state index contributed by atoms with van der Waals surface area (Å²) in [4.78, 5) is 44.4. The van der Waals surface area contributed by atoms with Crippen LogP contribution in [0.2, 0.25) is 0 Å². The van der Waals surface area contributed by atoms with Crippen molar-refractivity contribution in [3.63, 3.8) is 0 Å². The molecule has 3 heterocycles. The van der Waals surface area contributed by atoms with Crippen LogP contribution in [0, 0.1) is 0 Å². The molecule has 1 aromatic heterocycles. The number of amides is 1. The number of fused-ring (bicyclic) bond motifs is 1. The van der Waals surface area contributed by atoms with Crippen LogP contribution in [0.4, 0.5) is 4.79 Å². The van der Waals surface area contributed by atoms with Gasteiger partial charge < -0.3 is 14.5 Å². The third-order valence-electron chi connectivity index (χ3n) is 4.85. The largest absolute Gasteiger partial charge is 0.453 e. The van der Waals surface area contributed by atoms with Gasteiger partial charge in [0, 0.05) is 26.2 Å². The van der Waals surface area contributed by atoms with E-state index in [2.05, 4.69) is 20.4 Å². The van der Waals surface area contributed by atoms with E-state index in [4.69, 9.17) is 9.15 Å². The van der Waals surface area contributed by atoms with Crippen molar-refractivity contribution in [1.29, 1.82) is 0 Å². The number of carbonyl (C=O) groups is 1. The second kappa shape index (κ2) is 8.58. The van der Waals surface area contributed by atoms with Gasteiger partial charge in [-0.2, -0.15) is 4.98 Å². The van der Waals surface area contributed by atoms with Gasteiger partial charge in [0.05, 0.1) is 0 Å². The van der Waals surface area contributed by atoms with E-state index in [1.807, 2.05) is 24.3 Å². The van der Waals surface area contributed by atoms with E-state index in [0.29, 0.717) is 11.5 Å². The smallest absolute Gasteiger partial charge is 0.407 e. The molecule has 0 bridgehead atoms. The van der Waals surface area contributed by atoms with Crippen LogP contribution in [0.15, 0.2) is 50.4 Å². The van der Waals surface area contributed by atoms with E-state index < -0.39 is 22.9 Å². The summed E-state index contributed by atoms with van der Waals surface area (Å²) in [7, 11) is 2.92. The minimum Gasteiger partial charge on any atom is -0.453 e. The number of nitrogens with zero attached hydrogens (tertiary/aromatic N) is 5. The molecule has 0 radical (unpaired) electrons. The number of carbonyl (C=O) groups excluding carboxylic acids is 1. The number of alkyl carbamates (subject to hydrolysis) is 1. The van der Waals surface area contributed by atoms with Gasteiger partial charge in [0.1, 0.15) is 11.4 Å². The lowest BCUT2D eigenvalue weighted by molar-refractivity contribution is 0.0523. The van der Waals surface area contributed by atoms with Gasteiger partial charge in [-0.25, -0.2) is 19.3 Å². The highest BCUT2D eigenvalue weighted by molar-refractivity contribution is 5.68. The van der Waals surface area contributed by atoms with Gasteiger partial charge in [0.2, 0.25) is 5.82 Å². The maximum atomic E-state index is 12.5. The molecule has 0 saturated carbocycles. The van der Waals surface area contributed by atoms with E-state index >= 15 is 0 Å². The SMILES string of the molecule is Cn1nc(-c2ccc(-c3cccc(CNC(=O)OC(C)(C)C)c3)o2)nc2c(=O)n(C)c(=O)nc1-2. The highest BCUT2D eigenvalue weighted by atomic mass is 16.6. The fourth-order valence-corrected chi connectivity index (χ4v) is 3.24. The van der Waals surface area contributed by atoms with Crippen LogP contribution in [-0.4, -0.2) is 36.0 Å². The number of aromatic nitrogens is 5. The normalized spacial score (nSPS) is 11.6. The molecular formula is C23H24N6O5. The lowest BCUT2D eigenvalue weighted by Gasteiger charge is -2.19. The van der Waals surface area contributed by atoms with Crippen molar-refractivity contribution in [2.75, 3.05) is 0 Å². The molecule has 1 amide bonds. The zero-order chi connectivity index (χ0) is 24.6. The number of ether oxygens (including phenoxy) is 1. The molecular weight excluding hydrogens is 440 g/mol. The number of hydrogen-bond donors (Lipinski definition) is 1. The first-order valence-corrected chi connectivity index (χ1v) is 10.5. The average Bonchev–Trinajstić information content (AvgIpc) is 3.26. The molecule has 11 heteroatoms. The average molecular weight is 464 g/mol. The Kier molecular flexibility index (Phi) is 5.78. The molecule has 1 aromatic carbocycles. The molecule has 176 valence electrons. The number of hydrogen-bond acceptors (Lipinski definition) is 8. The summed E-state index contributed by atoms with van der Waals surface area (Å²) in [6, 6.07) is 11.0. The van der Waals surface area contributed by atoms with Crippen LogP contribution >= 0.6 is 0 Å². The Morgan fingerprint density at radius 2 is 1.82 bits per heavy atom. The van der Waals surface area contributed by atoms with Gasteiger partial charge in [-0.15, -0.1) is 5.10 Å². The summed E-state index contributed by atoms with van der Waals surface area (Å²) < 4.78 is 13.4. The third kappa shape index (κ3) is 4.72. The van der Waals surface area contributed by atoms with Gasteiger partial charge in [-0.3, -0.25) is 9.36 Å². The van der Waals surface area contributed by atoms with Crippen molar-refractivity contribution >= 4 is 6.09 Å². The molecule has 0 spiro atoms. The zero-order valence-electron chi connectivity index (χ0n) is 19.4. The highest BCUT2D eigenvalue weighted by Crippen LogP contribution is 2.28. The molecule has 4 rings (SSSR count). The van der Waals surface area contributed by atoms with Crippen molar-refractivity contribution in [1.82, 2.24) is 29.6 Å². The van der Waals surface area contributed by atoms with E-state index in [0.717, 1.165) is 15.7 Å². The second-order valence-electron chi connectivity index (χ2n) is 8.71. The van der Waals surface area contributed by atoms with E-state index in [9.17, 15) is 14.4 Å². The van der Waals surface area contributed by atoms with Crippen LogP contribution in [0.1, 0.15) is 26.3 Å². The Balaban J connectivity index is 1.60. The molecule has 0 fully saturated rings. The number of aryl methyl sites for hydroxylation is 1. The quantitative estimate of drug-likeness (QED) is 0.486. The van der Waals surface area contributed by atoms with Gasteiger partial charge in [-0.05, 0) is 44.5 Å². The van der Waals surface area contributed by atoms with Gasteiger partial charge in [0.15, 0.2) is 17.3 Å². The molecule has 2 aliphatic heterocycles. The number of benzene rings is 1. The van der Waals surface area contributed by atoms with Gasteiger partial charge in [-0.1, -0.05) is 18.2 Å². The summed E-state index contributed by atoms with van der Waals surface area (Å²) in [6.07, 6.45) is -0.496. The maximum absolute atomic E-state index is 12.5. The van der Waals surface area contributed by atoms with Gasteiger partial charge >= 0.3 is 11.8 Å². The van der Waals surface area contributed by atoms with E-state index in [-0.39, 0.29) is 23.9 Å². The molecule has 0 saturated heterocycles. The fourth-order valence-electron chi connectivity index (χ4n) is 3.24. The van der Waals surface area contributed by atoms with Crippen molar-refractivity contribution < 1.29 is 13.9 Å². The van der Waals surface area contributed by atoms with E-state index in [1.54, 1.807) is 40.0 Å². The summed E-state index contributed by atoms with van der Waals surface area (Å²) >= 11 is 0. The fraction of sp³-hybridized carbons (Fsp3) is 0.304. The Bertz CT molecular complexity index is 1460.